The third-order valence-corrected chi connectivity index (χ3v) is 3.60. The van der Waals surface area contributed by atoms with Crippen LogP contribution in [0.1, 0.15) is 58.8 Å². The van der Waals surface area contributed by atoms with Gasteiger partial charge in [0.25, 0.3) is 0 Å². The summed E-state index contributed by atoms with van der Waals surface area (Å²) in [5, 5.41) is 9.83. The Morgan fingerprint density at radius 2 is 1.77 bits per heavy atom. The zero-order valence-electron chi connectivity index (χ0n) is 9.13. The first-order chi connectivity index (χ1) is 6.27. The first-order valence-electron chi connectivity index (χ1n) is 5.96. The Morgan fingerprint density at radius 3 is 2.23 bits per heavy atom. The molecule has 1 saturated carbocycles. The molecular formula is C12H24O. The van der Waals surface area contributed by atoms with Crippen LogP contribution in [0.2, 0.25) is 0 Å². The molecule has 1 nitrogen and oxygen atoms in total. The van der Waals surface area contributed by atoms with Crippen molar-refractivity contribution in [2.75, 3.05) is 0 Å². The Morgan fingerprint density at radius 1 is 1.15 bits per heavy atom. The first-order valence-corrected chi connectivity index (χ1v) is 5.96. The van der Waals surface area contributed by atoms with Gasteiger partial charge in [0.05, 0.1) is 6.10 Å². The van der Waals surface area contributed by atoms with Gasteiger partial charge in [0.1, 0.15) is 0 Å². The normalized spacial score (nSPS) is 31.6. The third kappa shape index (κ3) is 3.30. The summed E-state index contributed by atoms with van der Waals surface area (Å²) in [6.07, 6.45) is 8.67. The summed E-state index contributed by atoms with van der Waals surface area (Å²) < 4.78 is 0. The van der Waals surface area contributed by atoms with Gasteiger partial charge in [-0.2, -0.15) is 0 Å². The average Bonchev–Trinajstić information content (AvgIpc) is 2.18. The Bertz CT molecular complexity index is 125. The summed E-state index contributed by atoms with van der Waals surface area (Å²) in [4.78, 5) is 0. The van der Waals surface area contributed by atoms with E-state index in [1.165, 1.54) is 32.1 Å². The Kier molecular flexibility index (Phi) is 4.79. The van der Waals surface area contributed by atoms with Gasteiger partial charge in [0.2, 0.25) is 0 Å². The maximum Gasteiger partial charge on any atom is 0.0568 e. The summed E-state index contributed by atoms with van der Waals surface area (Å²) in [6, 6.07) is 0. The summed E-state index contributed by atoms with van der Waals surface area (Å²) >= 11 is 0. The lowest BCUT2D eigenvalue weighted by Crippen LogP contribution is -2.25. The summed E-state index contributed by atoms with van der Waals surface area (Å²) in [5.41, 5.74) is 0. The van der Waals surface area contributed by atoms with Crippen LogP contribution in [-0.4, -0.2) is 11.2 Å². The highest BCUT2D eigenvalue weighted by molar-refractivity contribution is 4.76. The van der Waals surface area contributed by atoms with Crippen LogP contribution in [0.4, 0.5) is 0 Å². The van der Waals surface area contributed by atoms with Crippen molar-refractivity contribution in [3.63, 3.8) is 0 Å². The molecular weight excluding hydrogens is 160 g/mol. The van der Waals surface area contributed by atoms with Crippen LogP contribution in [0.5, 0.6) is 0 Å². The van der Waals surface area contributed by atoms with E-state index in [0.29, 0.717) is 5.92 Å². The van der Waals surface area contributed by atoms with Crippen LogP contribution in [-0.2, 0) is 0 Å². The summed E-state index contributed by atoms with van der Waals surface area (Å²) in [7, 11) is 0. The predicted molar refractivity (Wildman–Crippen MR) is 56.7 cm³/mol. The van der Waals surface area contributed by atoms with E-state index in [0.717, 1.165) is 18.8 Å². The number of hydrogen-bond donors (Lipinski definition) is 1. The van der Waals surface area contributed by atoms with Crippen molar-refractivity contribution in [2.45, 2.75) is 64.9 Å². The van der Waals surface area contributed by atoms with Gasteiger partial charge >= 0.3 is 0 Å². The fraction of sp³-hybridized carbons (Fsp3) is 1.00. The Balaban J connectivity index is 2.23. The van der Waals surface area contributed by atoms with Gasteiger partial charge in [-0.15, -0.1) is 0 Å². The number of hydrogen-bond acceptors (Lipinski definition) is 1. The number of rotatable bonds is 4. The van der Waals surface area contributed by atoms with Crippen molar-refractivity contribution in [1.29, 1.82) is 0 Å². The van der Waals surface area contributed by atoms with Crippen LogP contribution in [0.3, 0.4) is 0 Å². The van der Waals surface area contributed by atoms with E-state index < -0.39 is 0 Å². The van der Waals surface area contributed by atoms with E-state index in [2.05, 4.69) is 13.8 Å². The molecule has 0 bridgehead atoms. The van der Waals surface area contributed by atoms with Gasteiger partial charge in [-0.05, 0) is 31.1 Å². The lowest BCUT2D eigenvalue weighted by atomic mass is 9.78. The second-order valence-corrected chi connectivity index (χ2v) is 4.55. The zero-order valence-corrected chi connectivity index (χ0v) is 9.13. The average molecular weight is 184 g/mol. The molecule has 0 radical (unpaired) electrons. The van der Waals surface area contributed by atoms with Crippen LogP contribution in [0.15, 0.2) is 0 Å². The van der Waals surface area contributed by atoms with Gasteiger partial charge in [0, 0.05) is 0 Å². The van der Waals surface area contributed by atoms with Gasteiger partial charge in [0.15, 0.2) is 0 Å². The minimum absolute atomic E-state index is 0.0113. The van der Waals surface area contributed by atoms with Crippen LogP contribution >= 0.6 is 0 Å². The van der Waals surface area contributed by atoms with Crippen molar-refractivity contribution in [1.82, 2.24) is 0 Å². The largest absolute Gasteiger partial charge is 0.393 e. The molecule has 0 unspecified atom stereocenters. The van der Waals surface area contributed by atoms with Crippen molar-refractivity contribution in [3.8, 4) is 0 Å². The van der Waals surface area contributed by atoms with Gasteiger partial charge in [-0.3, -0.25) is 0 Å². The van der Waals surface area contributed by atoms with Crippen LogP contribution < -0.4 is 0 Å². The molecule has 0 aliphatic heterocycles. The summed E-state index contributed by atoms with van der Waals surface area (Å²) in [5.74, 6) is 1.56. The SMILES string of the molecule is CCC[C@H](O)C1CCC(CC)CC1. The minimum atomic E-state index is -0.0113. The van der Waals surface area contributed by atoms with E-state index in [4.69, 9.17) is 0 Å². The molecule has 1 aliphatic carbocycles. The standard InChI is InChI=1S/C12H24O/c1-3-5-12(13)11-8-6-10(4-2)7-9-11/h10-13H,3-9H2,1-2H3/t10?,11?,12-/m0/s1. The maximum absolute atomic E-state index is 9.83. The monoisotopic (exact) mass is 184 g/mol. The van der Waals surface area contributed by atoms with Crippen molar-refractivity contribution >= 4 is 0 Å². The molecule has 1 N–H and O–H groups in total. The van der Waals surface area contributed by atoms with Crippen LogP contribution in [0, 0.1) is 11.8 Å². The van der Waals surface area contributed by atoms with E-state index in [9.17, 15) is 5.11 Å². The topological polar surface area (TPSA) is 20.2 Å². The molecule has 0 heterocycles. The molecule has 0 amide bonds. The fourth-order valence-electron chi connectivity index (χ4n) is 2.51. The molecule has 0 aromatic rings. The molecule has 0 aromatic carbocycles. The van der Waals surface area contributed by atoms with E-state index in [1.54, 1.807) is 0 Å². The van der Waals surface area contributed by atoms with Crippen molar-refractivity contribution in [3.05, 3.63) is 0 Å². The molecule has 1 heteroatoms. The highest BCUT2D eigenvalue weighted by atomic mass is 16.3. The van der Waals surface area contributed by atoms with Gasteiger partial charge in [-0.25, -0.2) is 0 Å². The molecule has 13 heavy (non-hydrogen) atoms. The Hall–Kier alpha value is -0.0400. The van der Waals surface area contributed by atoms with Crippen molar-refractivity contribution in [2.24, 2.45) is 11.8 Å². The molecule has 1 fully saturated rings. The van der Waals surface area contributed by atoms with E-state index in [1.807, 2.05) is 0 Å². The Labute approximate surface area is 82.5 Å². The van der Waals surface area contributed by atoms with E-state index >= 15 is 0 Å². The fourth-order valence-corrected chi connectivity index (χ4v) is 2.51. The molecule has 1 rings (SSSR count). The summed E-state index contributed by atoms with van der Waals surface area (Å²) in [6.45, 7) is 4.44. The van der Waals surface area contributed by atoms with Gasteiger partial charge < -0.3 is 5.11 Å². The predicted octanol–water partition coefficient (Wildman–Crippen LogP) is 3.36. The first kappa shape index (κ1) is 11.0. The molecule has 1 aliphatic rings. The highest BCUT2D eigenvalue weighted by Crippen LogP contribution is 2.33. The second kappa shape index (κ2) is 5.64. The highest BCUT2D eigenvalue weighted by Gasteiger charge is 2.24. The molecule has 78 valence electrons. The molecule has 0 saturated heterocycles. The molecule has 0 spiro atoms. The minimum Gasteiger partial charge on any atom is -0.393 e. The third-order valence-electron chi connectivity index (χ3n) is 3.60. The number of aliphatic hydroxyl groups is 1. The van der Waals surface area contributed by atoms with Gasteiger partial charge in [-0.1, -0.05) is 39.5 Å². The second-order valence-electron chi connectivity index (χ2n) is 4.55. The van der Waals surface area contributed by atoms with E-state index in [-0.39, 0.29) is 6.10 Å². The lowest BCUT2D eigenvalue weighted by molar-refractivity contribution is 0.0658. The maximum atomic E-state index is 9.83. The molecule has 0 aromatic heterocycles. The zero-order chi connectivity index (χ0) is 9.68. The lowest BCUT2D eigenvalue weighted by Gasteiger charge is -2.30. The van der Waals surface area contributed by atoms with Crippen LogP contribution in [0.25, 0.3) is 0 Å². The molecule has 1 atom stereocenters. The number of aliphatic hydroxyl groups excluding tert-OH is 1. The van der Waals surface area contributed by atoms with Crippen molar-refractivity contribution < 1.29 is 5.11 Å². The quantitative estimate of drug-likeness (QED) is 0.710. The smallest absolute Gasteiger partial charge is 0.0568 e.